The summed E-state index contributed by atoms with van der Waals surface area (Å²) in [5.74, 6) is 0.241. The van der Waals surface area contributed by atoms with Gasteiger partial charge < -0.3 is 15.4 Å². The van der Waals surface area contributed by atoms with Crippen LogP contribution in [-0.2, 0) is 35.3 Å². The predicted molar refractivity (Wildman–Crippen MR) is 147 cm³/mol. The van der Waals surface area contributed by atoms with Crippen molar-refractivity contribution < 1.29 is 18.7 Å². The molecular formula is C28H26FN7O3S. The number of benzene rings is 2. The highest BCUT2D eigenvalue weighted by atomic mass is 32.1. The molecular weight excluding hydrogens is 533 g/mol. The molecule has 2 N–H and O–H groups in total. The highest BCUT2D eigenvalue weighted by Crippen LogP contribution is 2.19. The second-order valence-corrected chi connectivity index (χ2v) is 9.84. The number of nitrogens with one attached hydrogen (secondary N) is 2. The lowest BCUT2D eigenvalue weighted by atomic mass is 10.1. The average Bonchev–Trinajstić information content (AvgIpc) is 3.39. The smallest absolute Gasteiger partial charge is 0.230 e. The lowest BCUT2D eigenvalue weighted by molar-refractivity contribution is -0.116. The molecule has 0 saturated heterocycles. The van der Waals surface area contributed by atoms with Crippen molar-refractivity contribution in [3.8, 4) is 11.8 Å². The number of amides is 2. The van der Waals surface area contributed by atoms with Crippen LogP contribution in [-0.4, -0.2) is 39.1 Å². The van der Waals surface area contributed by atoms with E-state index >= 15 is 0 Å². The van der Waals surface area contributed by atoms with Crippen LogP contribution >= 0.6 is 11.3 Å². The minimum Gasteiger partial charge on any atom is -0.463 e. The number of aryl methyl sites for hydroxylation is 2. The zero-order valence-electron chi connectivity index (χ0n) is 21.5. The third kappa shape index (κ3) is 8.92. The van der Waals surface area contributed by atoms with Gasteiger partial charge in [-0.3, -0.25) is 9.59 Å². The van der Waals surface area contributed by atoms with Gasteiger partial charge in [0.1, 0.15) is 10.8 Å². The number of rotatable bonds is 13. The summed E-state index contributed by atoms with van der Waals surface area (Å²) in [7, 11) is 0. The lowest BCUT2D eigenvalue weighted by Crippen LogP contribution is -2.16. The van der Waals surface area contributed by atoms with Crippen LogP contribution < -0.4 is 15.4 Å². The first-order valence-electron chi connectivity index (χ1n) is 12.5. The highest BCUT2D eigenvalue weighted by Gasteiger charge is 2.10. The van der Waals surface area contributed by atoms with Gasteiger partial charge in [0.15, 0.2) is 5.82 Å². The summed E-state index contributed by atoms with van der Waals surface area (Å²) >= 11 is 1.34. The first-order valence-corrected chi connectivity index (χ1v) is 13.3. The van der Waals surface area contributed by atoms with Gasteiger partial charge >= 0.3 is 0 Å². The van der Waals surface area contributed by atoms with Gasteiger partial charge in [-0.15, -0.1) is 15.3 Å². The van der Waals surface area contributed by atoms with Crippen LogP contribution in [0.1, 0.15) is 40.2 Å². The maximum atomic E-state index is 12.3. The number of hydrogen-bond acceptors (Lipinski definition) is 9. The van der Waals surface area contributed by atoms with Crippen LogP contribution in [0, 0.1) is 11.3 Å². The van der Waals surface area contributed by atoms with E-state index in [9.17, 15) is 14.0 Å². The van der Waals surface area contributed by atoms with Crippen molar-refractivity contribution in [3.63, 3.8) is 0 Å². The number of ether oxygens (including phenoxy) is 1. The Balaban J connectivity index is 1.15. The molecule has 0 atom stereocenters. The Bertz CT molecular complexity index is 1490. The Morgan fingerprint density at radius 1 is 0.875 bits per heavy atom. The highest BCUT2D eigenvalue weighted by molar-refractivity contribution is 7.15. The molecule has 12 heteroatoms. The molecule has 0 radical (unpaired) electrons. The first-order chi connectivity index (χ1) is 19.5. The predicted octanol–water partition coefficient (Wildman–Crippen LogP) is 4.43. The van der Waals surface area contributed by atoms with Crippen molar-refractivity contribution in [2.24, 2.45) is 0 Å². The Hall–Kier alpha value is -4.76. The van der Waals surface area contributed by atoms with Gasteiger partial charge in [-0.1, -0.05) is 35.6 Å². The van der Waals surface area contributed by atoms with Gasteiger partial charge in [-0.05, 0) is 66.8 Å². The van der Waals surface area contributed by atoms with E-state index in [-0.39, 0.29) is 24.7 Å². The lowest BCUT2D eigenvalue weighted by Gasteiger charge is -2.06. The number of unbranched alkanes of at least 4 members (excludes halogenated alkanes) is 1. The van der Waals surface area contributed by atoms with Crippen LogP contribution in [0.15, 0.2) is 60.7 Å². The Labute approximate surface area is 234 Å². The molecule has 0 unspecified atom stereocenters. The molecule has 4 aromatic rings. The molecule has 0 fully saturated rings. The van der Waals surface area contributed by atoms with Crippen molar-refractivity contribution in [1.82, 2.24) is 20.4 Å². The zero-order valence-corrected chi connectivity index (χ0v) is 22.3. The molecule has 0 saturated carbocycles. The second kappa shape index (κ2) is 14.4. The number of carbonyl (C=O) groups excluding carboxylic acids is 2. The molecule has 4 rings (SSSR count). The minimum absolute atomic E-state index is 0.0974. The molecule has 2 aromatic carbocycles. The van der Waals surface area contributed by atoms with E-state index < -0.39 is 6.86 Å². The van der Waals surface area contributed by atoms with Gasteiger partial charge in [0, 0.05) is 6.42 Å². The number of carbonyl (C=O) groups is 2. The number of alkyl halides is 1. The van der Waals surface area contributed by atoms with E-state index in [0.29, 0.717) is 34.2 Å². The fourth-order valence-corrected chi connectivity index (χ4v) is 4.63. The number of halogens is 1. The van der Waals surface area contributed by atoms with E-state index in [1.165, 1.54) is 11.3 Å². The molecule has 2 heterocycles. The average molecular weight is 560 g/mol. The molecule has 40 heavy (non-hydrogen) atoms. The standard InChI is InChI=1S/C28H26FN7O3S/c29-18-39-23-9-4-6-20(14-23)16-25(37)31-24-12-11-22(33-34-24)8-1-2-10-27-35-36-28(40-27)32-26(38)15-19-5-3-7-21(13-19)17-30/h3-7,9,11-14H,1-2,8,10,15-16,18H2,(H,31,34,37)(H,32,36,38). The van der Waals surface area contributed by atoms with E-state index in [2.05, 4.69) is 37.1 Å². The number of nitrogens with zero attached hydrogens (tertiary/aromatic N) is 5. The molecule has 0 aliphatic carbocycles. The summed E-state index contributed by atoms with van der Waals surface area (Å²) in [6, 6.07) is 19.2. The minimum atomic E-state index is -0.928. The van der Waals surface area contributed by atoms with Crippen molar-refractivity contribution in [2.75, 3.05) is 17.5 Å². The van der Waals surface area contributed by atoms with E-state index in [0.717, 1.165) is 35.5 Å². The van der Waals surface area contributed by atoms with Gasteiger partial charge in [-0.2, -0.15) is 10.4 Å². The molecule has 0 bridgehead atoms. The summed E-state index contributed by atoms with van der Waals surface area (Å²) in [6.07, 6.45) is 3.39. The van der Waals surface area contributed by atoms with Gasteiger partial charge in [0.25, 0.3) is 0 Å². The van der Waals surface area contributed by atoms with Crippen LogP contribution in [0.4, 0.5) is 15.3 Å². The fourth-order valence-electron chi connectivity index (χ4n) is 3.83. The van der Waals surface area contributed by atoms with Crippen molar-refractivity contribution in [1.29, 1.82) is 5.26 Å². The Morgan fingerprint density at radius 3 is 2.38 bits per heavy atom. The number of nitriles is 1. The summed E-state index contributed by atoms with van der Waals surface area (Å²) in [5.41, 5.74) is 2.77. The molecule has 10 nitrogen and oxygen atoms in total. The van der Waals surface area contributed by atoms with E-state index in [1.54, 1.807) is 54.6 Å². The summed E-state index contributed by atoms with van der Waals surface area (Å²) in [4.78, 5) is 24.6. The van der Waals surface area contributed by atoms with Crippen molar-refractivity contribution >= 4 is 34.1 Å². The number of hydrogen-bond donors (Lipinski definition) is 2. The Kier molecular flexibility index (Phi) is 10.2. The molecule has 0 spiro atoms. The molecule has 2 aromatic heterocycles. The topological polar surface area (TPSA) is 143 Å². The van der Waals surface area contributed by atoms with E-state index in [4.69, 9.17) is 10.00 Å². The third-order valence-corrected chi connectivity index (χ3v) is 6.58. The van der Waals surface area contributed by atoms with Gasteiger partial charge in [0.05, 0.1) is 30.2 Å². The summed E-state index contributed by atoms with van der Waals surface area (Å²) in [6.45, 7) is -0.928. The summed E-state index contributed by atoms with van der Waals surface area (Å²) < 4.78 is 17.2. The molecule has 204 valence electrons. The van der Waals surface area contributed by atoms with Gasteiger partial charge in [0.2, 0.25) is 23.8 Å². The summed E-state index contributed by atoms with van der Waals surface area (Å²) in [5, 5.41) is 32.2. The largest absolute Gasteiger partial charge is 0.463 e. The van der Waals surface area contributed by atoms with Crippen molar-refractivity contribution in [3.05, 3.63) is 88.1 Å². The first kappa shape index (κ1) is 28.3. The van der Waals surface area contributed by atoms with Crippen LogP contribution in [0.5, 0.6) is 5.75 Å². The van der Waals surface area contributed by atoms with Gasteiger partial charge in [-0.25, -0.2) is 4.39 Å². The SMILES string of the molecule is N#Cc1cccc(CC(=O)Nc2nnc(CCCCc3ccc(NC(=O)Cc4cccc(OCF)c4)nn3)s2)c1. The maximum absolute atomic E-state index is 12.3. The molecule has 0 aliphatic rings. The van der Waals surface area contributed by atoms with Crippen LogP contribution in [0.25, 0.3) is 0 Å². The molecule has 2 amide bonds. The quantitative estimate of drug-likeness (QED) is 0.229. The van der Waals surface area contributed by atoms with Crippen LogP contribution in [0.2, 0.25) is 0 Å². The van der Waals surface area contributed by atoms with Crippen LogP contribution in [0.3, 0.4) is 0 Å². The zero-order chi connectivity index (χ0) is 28.2. The molecule has 0 aliphatic heterocycles. The second-order valence-electron chi connectivity index (χ2n) is 8.78. The van der Waals surface area contributed by atoms with E-state index in [1.807, 2.05) is 6.07 Å². The maximum Gasteiger partial charge on any atom is 0.230 e. The monoisotopic (exact) mass is 559 g/mol. The number of anilines is 2. The van der Waals surface area contributed by atoms with Crippen molar-refractivity contribution in [2.45, 2.75) is 38.5 Å². The fraction of sp³-hybridized carbons (Fsp3) is 0.250. The Morgan fingerprint density at radius 2 is 1.62 bits per heavy atom. The third-order valence-electron chi connectivity index (χ3n) is 5.68. The normalized spacial score (nSPS) is 10.5. The number of aromatic nitrogens is 4.